The van der Waals surface area contributed by atoms with Gasteiger partial charge in [-0.05, 0) is 12.3 Å². The maximum atomic E-state index is 11.2. The number of nitrogens with two attached hydrogens (primary N) is 1. The van der Waals surface area contributed by atoms with Gasteiger partial charge in [0, 0.05) is 19.5 Å². The molecule has 0 spiro atoms. The number of carbonyl (C=O) groups excluding carboxylic acids is 2. The van der Waals surface area contributed by atoms with Gasteiger partial charge in [0.15, 0.2) is 0 Å². The SMILES string of the molecule is CC(C)CCC(=O)NCC(=O)NCCN.Cl. The zero-order valence-electron chi connectivity index (χ0n) is 9.91. The van der Waals surface area contributed by atoms with E-state index in [9.17, 15) is 9.59 Å². The molecule has 6 heteroatoms. The van der Waals surface area contributed by atoms with Gasteiger partial charge in [-0.3, -0.25) is 9.59 Å². The molecular weight excluding hydrogens is 230 g/mol. The zero-order valence-corrected chi connectivity index (χ0v) is 10.7. The first-order valence-electron chi connectivity index (χ1n) is 5.29. The average molecular weight is 252 g/mol. The molecule has 0 aliphatic rings. The Labute approximate surface area is 103 Å². The smallest absolute Gasteiger partial charge is 0.239 e. The van der Waals surface area contributed by atoms with Crippen LogP contribution in [0.25, 0.3) is 0 Å². The van der Waals surface area contributed by atoms with Crippen LogP contribution in [0.1, 0.15) is 26.7 Å². The summed E-state index contributed by atoms with van der Waals surface area (Å²) < 4.78 is 0. The molecule has 5 nitrogen and oxygen atoms in total. The van der Waals surface area contributed by atoms with Crippen LogP contribution in [-0.4, -0.2) is 31.4 Å². The molecule has 4 N–H and O–H groups in total. The summed E-state index contributed by atoms with van der Waals surface area (Å²) in [6.45, 7) is 5.01. The Kier molecular flexibility index (Phi) is 11.8. The molecule has 96 valence electrons. The van der Waals surface area contributed by atoms with Crippen molar-refractivity contribution in [3.05, 3.63) is 0 Å². The summed E-state index contributed by atoms with van der Waals surface area (Å²) in [5.74, 6) is 0.228. The quantitative estimate of drug-likeness (QED) is 0.597. The average Bonchev–Trinajstić information content (AvgIpc) is 2.20. The predicted molar refractivity (Wildman–Crippen MR) is 66.4 cm³/mol. The van der Waals surface area contributed by atoms with Gasteiger partial charge in [-0.2, -0.15) is 0 Å². The summed E-state index contributed by atoms with van der Waals surface area (Å²) in [4.78, 5) is 22.3. The molecule has 0 radical (unpaired) electrons. The zero-order chi connectivity index (χ0) is 11.7. The van der Waals surface area contributed by atoms with Crippen molar-refractivity contribution in [2.24, 2.45) is 11.7 Å². The van der Waals surface area contributed by atoms with E-state index in [4.69, 9.17) is 5.73 Å². The Morgan fingerprint density at radius 2 is 1.81 bits per heavy atom. The third-order valence-corrected chi connectivity index (χ3v) is 1.86. The highest BCUT2D eigenvalue weighted by atomic mass is 35.5. The van der Waals surface area contributed by atoms with Crippen LogP contribution in [0.3, 0.4) is 0 Å². The second-order valence-electron chi connectivity index (χ2n) is 3.85. The topological polar surface area (TPSA) is 84.2 Å². The van der Waals surface area contributed by atoms with Crippen LogP contribution in [0, 0.1) is 5.92 Å². The highest BCUT2D eigenvalue weighted by molar-refractivity contribution is 5.85. The Morgan fingerprint density at radius 3 is 2.31 bits per heavy atom. The van der Waals surface area contributed by atoms with Crippen molar-refractivity contribution < 1.29 is 9.59 Å². The van der Waals surface area contributed by atoms with Gasteiger partial charge in [0.25, 0.3) is 0 Å². The summed E-state index contributed by atoms with van der Waals surface area (Å²) >= 11 is 0. The number of nitrogens with one attached hydrogen (secondary N) is 2. The van der Waals surface area contributed by atoms with E-state index < -0.39 is 0 Å². The van der Waals surface area contributed by atoms with Crippen molar-refractivity contribution in [1.82, 2.24) is 10.6 Å². The molecule has 0 unspecified atom stereocenters. The van der Waals surface area contributed by atoms with Gasteiger partial charge >= 0.3 is 0 Å². The fourth-order valence-electron chi connectivity index (χ4n) is 0.961. The Morgan fingerprint density at radius 1 is 1.19 bits per heavy atom. The number of carbonyl (C=O) groups is 2. The minimum Gasteiger partial charge on any atom is -0.353 e. The lowest BCUT2D eigenvalue weighted by Gasteiger charge is -2.07. The molecule has 0 rings (SSSR count). The summed E-state index contributed by atoms with van der Waals surface area (Å²) in [5.41, 5.74) is 5.21. The molecule has 0 aromatic heterocycles. The highest BCUT2D eigenvalue weighted by Crippen LogP contribution is 2.02. The standard InChI is InChI=1S/C10H21N3O2.ClH/c1-8(2)3-4-9(14)13-7-10(15)12-6-5-11;/h8H,3-7,11H2,1-2H3,(H,12,15)(H,13,14);1H. The molecular formula is C10H22ClN3O2. The second-order valence-corrected chi connectivity index (χ2v) is 3.85. The van der Waals surface area contributed by atoms with Gasteiger partial charge < -0.3 is 16.4 Å². The van der Waals surface area contributed by atoms with E-state index in [0.29, 0.717) is 25.4 Å². The Hall–Kier alpha value is -0.810. The lowest BCUT2D eigenvalue weighted by atomic mass is 10.1. The Bertz CT molecular complexity index is 210. The molecule has 0 saturated carbocycles. The molecule has 0 atom stereocenters. The van der Waals surface area contributed by atoms with Crippen LogP contribution in [0.5, 0.6) is 0 Å². The summed E-state index contributed by atoms with van der Waals surface area (Å²) in [7, 11) is 0. The summed E-state index contributed by atoms with van der Waals surface area (Å²) in [6.07, 6.45) is 1.32. The molecule has 0 aromatic carbocycles. The first kappa shape index (κ1) is 17.6. The maximum absolute atomic E-state index is 11.2. The maximum Gasteiger partial charge on any atom is 0.239 e. The van der Waals surface area contributed by atoms with Gasteiger partial charge in [0.2, 0.25) is 11.8 Å². The number of hydrogen-bond acceptors (Lipinski definition) is 3. The lowest BCUT2D eigenvalue weighted by molar-refractivity contribution is -0.126. The van der Waals surface area contributed by atoms with Crippen LogP contribution in [0.4, 0.5) is 0 Å². The number of rotatable bonds is 7. The number of halogens is 1. The van der Waals surface area contributed by atoms with Crippen molar-refractivity contribution in [2.75, 3.05) is 19.6 Å². The van der Waals surface area contributed by atoms with Crippen LogP contribution < -0.4 is 16.4 Å². The monoisotopic (exact) mass is 251 g/mol. The third kappa shape index (κ3) is 11.3. The fraction of sp³-hybridized carbons (Fsp3) is 0.800. The van der Waals surface area contributed by atoms with E-state index in [-0.39, 0.29) is 30.8 Å². The van der Waals surface area contributed by atoms with Gasteiger partial charge in [-0.15, -0.1) is 12.4 Å². The van der Waals surface area contributed by atoms with Crippen LogP contribution in [0.2, 0.25) is 0 Å². The van der Waals surface area contributed by atoms with E-state index in [1.807, 2.05) is 0 Å². The first-order valence-corrected chi connectivity index (χ1v) is 5.29. The van der Waals surface area contributed by atoms with E-state index in [2.05, 4.69) is 24.5 Å². The largest absolute Gasteiger partial charge is 0.353 e. The van der Waals surface area contributed by atoms with Gasteiger partial charge in [0.1, 0.15) is 0 Å². The summed E-state index contributed by atoms with van der Waals surface area (Å²) in [5, 5.41) is 5.13. The predicted octanol–water partition coefficient (Wildman–Crippen LogP) is 0.0355. The molecule has 0 aliphatic carbocycles. The van der Waals surface area contributed by atoms with Gasteiger partial charge in [-0.1, -0.05) is 13.8 Å². The lowest BCUT2D eigenvalue weighted by Crippen LogP contribution is -2.38. The number of hydrogen-bond donors (Lipinski definition) is 3. The molecule has 0 aromatic rings. The van der Waals surface area contributed by atoms with Crippen molar-refractivity contribution in [2.45, 2.75) is 26.7 Å². The minimum atomic E-state index is -0.196. The summed E-state index contributed by atoms with van der Waals surface area (Å²) in [6, 6.07) is 0. The molecule has 0 saturated heterocycles. The molecule has 0 aliphatic heterocycles. The van der Waals surface area contributed by atoms with Crippen LogP contribution in [-0.2, 0) is 9.59 Å². The van der Waals surface area contributed by atoms with Crippen LogP contribution in [0.15, 0.2) is 0 Å². The first-order chi connectivity index (χ1) is 7.06. The van der Waals surface area contributed by atoms with Crippen molar-refractivity contribution in [3.63, 3.8) is 0 Å². The van der Waals surface area contributed by atoms with Crippen molar-refractivity contribution in [3.8, 4) is 0 Å². The molecule has 0 bridgehead atoms. The van der Waals surface area contributed by atoms with E-state index in [1.54, 1.807) is 0 Å². The fourth-order valence-corrected chi connectivity index (χ4v) is 0.961. The molecule has 16 heavy (non-hydrogen) atoms. The van der Waals surface area contributed by atoms with E-state index >= 15 is 0 Å². The van der Waals surface area contributed by atoms with E-state index in [0.717, 1.165) is 6.42 Å². The van der Waals surface area contributed by atoms with Crippen molar-refractivity contribution >= 4 is 24.2 Å². The minimum absolute atomic E-state index is 0. The molecule has 0 fully saturated rings. The second kappa shape index (κ2) is 10.7. The molecule has 0 heterocycles. The Balaban J connectivity index is 0. The molecule has 2 amide bonds. The van der Waals surface area contributed by atoms with Crippen molar-refractivity contribution in [1.29, 1.82) is 0 Å². The normalized spacial score (nSPS) is 9.50. The number of amides is 2. The van der Waals surface area contributed by atoms with Crippen LogP contribution >= 0.6 is 12.4 Å². The van der Waals surface area contributed by atoms with Gasteiger partial charge in [-0.25, -0.2) is 0 Å². The van der Waals surface area contributed by atoms with E-state index in [1.165, 1.54) is 0 Å². The highest BCUT2D eigenvalue weighted by Gasteiger charge is 2.05. The third-order valence-electron chi connectivity index (χ3n) is 1.86. The van der Waals surface area contributed by atoms with Gasteiger partial charge in [0.05, 0.1) is 6.54 Å².